The number of hydrogen-bond acceptors (Lipinski definition) is 1. The first kappa shape index (κ1) is 6.78. The Labute approximate surface area is 68.0 Å². The summed E-state index contributed by atoms with van der Waals surface area (Å²) < 4.78 is 0. The summed E-state index contributed by atoms with van der Waals surface area (Å²) >= 11 is 5.23. The Morgan fingerprint density at radius 2 is 1.50 bits per heavy atom. The van der Waals surface area contributed by atoms with E-state index in [1.54, 1.807) is 0 Å². The highest BCUT2D eigenvalue weighted by atomic mass is 32.1. The van der Waals surface area contributed by atoms with E-state index in [0.717, 1.165) is 11.8 Å². The van der Waals surface area contributed by atoms with Gasteiger partial charge in [-0.25, -0.2) is 0 Å². The van der Waals surface area contributed by atoms with Crippen LogP contribution in [0, 0.1) is 11.8 Å². The molecule has 10 heavy (non-hydrogen) atoms. The summed E-state index contributed by atoms with van der Waals surface area (Å²) in [5, 5.41) is 0. The van der Waals surface area contributed by atoms with Crippen LogP contribution >= 0.6 is 12.2 Å². The van der Waals surface area contributed by atoms with Crippen molar-refractivity contribution in [3.8, 4) is 0 Å². The maximum atomic E-state index is 5.23. The van der Waals surface area contributed by atoms with E-state index in [4.69, 9.17) is 12.2 Å². The van der Waals surface area contributed by atoms with Crippen LogP contribution in [-0.2, 0) is 0 Å². The maximum absolute atomic E-state index is 5.23. The molecule has 56 valence electrons. The molecule has 0 aromatic rings. The lowest BCUT2D eigenvalue weighted by molar-refractivity contribution is 0.277. The molecule has 0 bridgehead atoms. The predicted octanol–water partition coefficient (Wildman–Crippen LogP) is 2.96. The largest absolute Gasteiger partial charge is 0.0897 e. The van der Waals surface area contributed by atoms with Crippen LogP contribution in [0.2, 0.25) is 0 Å². The van der Waals surface area contributed by atoms with Gasteiger partial charge in [0, 0.05) is 0 Å². The fourth-order valence-electron chi connectivity index (χ4n) is 2.49. The van der Waals surface area contributed by atoms with E-state index in [0.29, 0.717) is 0 Å². The van der Waals surface area contributed by atoms with Gasteiger partial charge in [0.2, 0.25) is 0 Å². The van der Waals surface area contributed by atoms with Crippen molar-refractivity contribution in [2.45, 2.75) is 38.5 Å². The van der Waals surface area contributed by atoms with Crippen molar-refractivity contribution in [1.29, 1.82) is 0 Å². The van der Waals surface area contributed by atoms with Crippen LogP contribution in [0.5, 0.6) is 0 Å². The van der Waals surface area contributed by atoms with Gasteiger partial charge in [-0.3, -0.25) is 0 Å². The Balaban J connectivity index is 2.04. The Morgan fingerprint density at radius 3 is 2.00 bits per heavy atom. The SMILES string of the molecule is S=C1C[C@@H]2CCCC[C@H]2C1. The molecule has 1 heteroatoms. The summed E-state index contributed by atoms with van der Waals surface area (Å²) in [6.45, 7) is 0. The highest BCUT2D eigenvalue weighted by Gasteiger charge is 2.31. The van der Waals surface area contributed by atoms with E-state index >= 15 is 0 Å². The van der Waals surface area contributed by atoms with Crippen molar-refractivity contribution in [3.05, 3.63) is 0 Å². The third-order valence-electron chi connectivity index (χ3n) is 3.05. The van der Waals surface area contributed by atoms with E-state index < -0.39 is 0 Å². The fourth-order valence-corrected chi connectivity index (χ4v) is 2.92. The van der Waals surface area contributed by atoms with Gasteiger partial charge in [-0.05, 0) is 42.4 Å². The van der Waals surface area contributed by atoms with Gasteiger partial charge in [-0.15, -0.1) is 0 Å². The molecular formula is C9H14S. The van der Waals surface area contributed by atoms with Crippen LogP contribution in [0.3, 0.4) is 0 Å². The van der Waals surface area contributed by atoms with Crippen molar-refractivity contribution in [2.75, 3.05) is 0 Å². The Bertz CT molecular complexity index is 135. The first-order chi connectivity index (χ1) is 4.86. The average Bonchev–Trinajstić information content (AvgIpc) is 2.27. The molecule has 0 aromatic carbocycles. The first-order valence-electron chi connectivity index (χ1n) is 4.38. The summed E-state index contributed by atoms with van der Waals surface area (Å²) in [6, 6.07) is 0. The first-order valence-corrected chi connectivity index (χ1v) is 4.79. The lowest BCUT2D eigenvalue weighted by Crippen LogP contribution is -2.12. The maximum Gasteiger partial charge on any atom is -0.00658 e. The van der Waals surface area contributed by atoms with Gasteiger partial charge < -0.3 is 0 Å². The van der Waals surface area contributed by atoms with Crippen LogP contribution in [-0.4, -0.2) is 4.86 Å². The van der Waals surface area contributed by atoms with E-state index in [1.807, 2.05) is 0 Å². The van der Waals surface area contributed by atoms with Crippen LogP contribution in [0.4, 0.5) is 0 Å². The molecule has 0 heterocycles. The van der Waals surface area contributed by atoms with Crippen molar-refractivity contribution < 1.29 is 0 Å². The van der Waals surface area contributed by atoms with Gasteiger partial charge >= 0.3 is 0 Å². The van der Waals surface area contributed by atoms with E-state index in [-0.39, 0.29) is 0 Å². The van der Waals surface area contributed by atoms with Crippen molar-refractivity contribution in [2.24, 2.45) is 11.8 Å². The monoisotopic (exact) mass is 154 g/mol. The van der Waals surface area contributed by atoms with Crippen LogP contribution in [0.1, 0.15) is 38.5 Å². The standard InChI is InChI=1S/C9H14S/c10-9-5-7-3-1-2-4-8(7)6-9/h7-8H,1-6H2/t7-,8-/m0/s1. The second-order valence-corrected chi connectivity index (χ2v) is 4.33. The van der Waals surface area contributed by atoms with Gasteiger partial charge in [-0.1, -0.05) is 25.1 Å². The van der Waals surface area contributed by atoms with Crippen LogP contribution in [0.25, 0.3) is 0 Å². The number of rotatable bonds is 0. The summed E-state index contributed by atoms with van der Waals surface area (Å²) in [5.74, 6) is 2.00. The molecule has 0 aliphatic heterocycles. The lowest BCUT2D eigenvalue weighted by Gasteiger charge is -2.23. The molecule has 0 spiro atoms. The zero-order valence-corrected chi connectivity index (χ0v) is 7.12. The van der Waals surface area contributed by atoms with Gasteiger partial charge in [-0.2, -0.15) is 0 Å². The van der Waals surface area contributed by atoms with Gasteiger partial charge in [0.05, 0.1) is 0 Å². The summed E-state index contributed by atoms with van der Waals surface area (Å²) in [6.07, 6.45) is 8.41. The Kier molecular flexibility index (Phi) is 1.77. The molecule has 2 aliphatic rings. The normalized spacial score (nSPS) is 39.8. The highest BCUT2D eigenvalue weighted by Crippen LogP contribution is 2.40. The molecule has 0 nitrogen and oxygen atoms in total. The summed E-state index contributed by atoms with van der Waals surface area (Å²) in [4.78, 5) is 1.36. The van der Waals surface area contributed by atoms with E-state index in [9.17, 15) is 0 Å². The Hall–Kier alpha value is 0.0900. The molecule has 2 rings (SSSR count). The quantitative estimate of drug-likeness (QED) is 0.483. The van der Waals surface area contributed by atoms with Gasteiger partial charge in [0.1, 0.15) is 0 Å². The van der Waals surface area contributed by atoms with E-state index in [1.165, 1.54) is 43.4 Å². The zero-order chi connectivity index (χ0) is 6.97. The van der Waals surface area contributed by atoms with Crippen LogP contribution < -0.4 is 0 Å². The van der Waals surface area contributed by atoms with Gasteiger partial charge in [0.15, 0.2) is 0 Å². The van der Waals surface area contributed by atoms with Crippen molar-refractivity contribution >= 4 is 17.1 Å². The minimum Gasteiger partial charge on any atom is -0.0897 e. The van der Waals surface area contributed by atoms with Crippen LogP contribution in [0.15, 0.2) is 0 Å². The minimum atomic E-state index is 1.00. The predicted molar refractivity (Wildman–Crippen MR) is 47.3 cm³/mol. The van der Waals surface area contributed by atoms with E-state index in [2.05, 4.69) is 0 Å². The molecular weight excluding hydrogens is 140 g/mol. The summed E-state index contributed by atoms with van der Waals surface area (Å²) in [5.41, 5.74) is 0. The molecule has 0 N–H and O–H groups in total. The molecule has 2 atom stereocenters. The topological polar surface area (TPSA) is 0 Å². The molecule has 0 unspecified atom stereocenters. The highest BCUT2D eigenvalue weighted by molar-refractivity contribution is 7.80. The second kappa shape index (κ2) is 2.61. The minimum absolute atomic E-state index is 1.00. The number of thiocarbonyl (C=S) groups is 1. The number of fused-ring (bicyclic) bond motifs is 1. The second-order valence-electron chi connectivity index (χ2n) is 3.75. The molecule has 0 aromatic heterocycles. The Morgan fingerprint density at radius 1 is 1.00 bits per heavy atom. The lowest BCUT2D eigenvalue weighted by atomic mass is 9.82. The summed E-state index contributed by atoms with van der Waals surface area (Å²) in [7, 11) is 0. The average molecular weight is 154 g/mol. The number of hydrogen-bond donors (Lipinski definition) is 0. The molecule has 2 fully saturated rings. The molecule has 2 saturated carbocycles. The third-order valence-corrected chi connectivity index (χ3v) is 3.38. The molecule has 0 amide bonds. The molecule has 0 radical (unpaired) electrons. The van der Waals surface area contributed by atoms with Crippen molar-refractivity contribution in [1.82, 2.24) is 0 Å². The smallest absolute Gasteiger partial charge is 0.00658 e. The third kappa shape index (κ3) is 1.12. The molecule has 2 aliphatic carbocycles. The van der Waals surface area contributed by atoms with Gasteiger partial charge in [0.25, 0.3) is 0 Å². The zero-order valence-electron chi connectivity index (χ0n) is 6.31. The van der Waals surface area contributed by atoms with Crippen molar-refractivity contribution in [3.63, 3.8) is 0 Å². The fraction of sp³-hybridized carbons (Fsp3) is 0.889. The molecule has 0 saturated heterocycles.